The molecule has 0 atom stereocenters. The summed E-state index contributed by atoms with van der Waals surface area (Å²) in [6.07, 6.45) is 7.79. The van der Waals surface area contributed by atoms with Crippen LogP contribution in [0.3, 0.4) is 0 Å². The van der Waals surface area contributed by atoms with Crippen LogP contribution in [0.25, 0.3) is 11.0 Å². The molecule has 1 aromatic carbocycles. The van der Waals surface area contributed by atoms with Gasteiger partial charge in [0.15, 0.2) is 5.75 Å². The Bertz CT molecular complexity index is 1390. The van der Waals surface area contributed by atoms with Crippen LogP contribution in [-0.2, 0) is 7.05 Å². The number of carbonyl (C=O) groups excluding carboxylic acids is 1. The lowest BCUT2D eigenvalue weighted by atomic mass is 9.96. The molecule has 2 N–H and O–H groups in total. The van der Waals surface area contributed by atoms with Gasteiger partial charge in [-0.15, -0.1) is 0 Å². The number of hydrogen-bond acceptors (Lipinski definition) is 8. The molecule has 38 heavy (non-hydrogen) atoms. The SMILES string of the molecule is COc1cc(C(=O)NC2CCN(C)CC2)ccc1Nc1ncc2c(n1)c(C1CCCC1)c(OC)c(=O)n2C. The number of nitrogens with zero attached hydrogens (tertiary/aromatic N) is 4. The van der Waals surface area contributed by atoms with E-state index in [1.165, 1.54) is 11.7 Å². The zero-order chi connectivity index (χ0) is 26.8. The van der Waals surface area contributed by atoms with E-state index in [0.717, 1.165) is 57.2 Å². The van der Waals surface area contributed by atoms with E-state index in [0.29, 0.717) is 39.7 Å². The van der Waals surface area contributed by atoms with Crippen molar-refractivity contribution in [3.05, 3.63) is 45.9 Å². The summed E-state index contributed by atoms with van der Waals surface area (Å²) in [4.78, 5) is 37.5. The van der Waals surface area contributed by atoms with Gasteiger partial charge in [0.2, 0.25) is 5.95 Å². The lowest BCUT2D eigenvalue weighted by Gasteiger charge is -2.29. The van der Waals surface area contributed by atoms with Gasteiger partial charge in [-0.1, -0.05) is 12.8 Å². The minimum Gasteiger partial charge on any atom is -0.495 e. The van der Waals surface area contributed by atoms with Gasteiger partial charge in [0.25, 0.3) is 11.5 Å². The number of fused-ring (bicyclic) bond motifs is 1. The standard InChI is InChI=1S/C28H36N6O4/c1-33-13-11-19(12-14-33)30-26(35)18-9-10-20(22(15-18)37-3)31-28-29-16-21-24(32-28)23(17-7-5-6-8-17)25(38-4)27(36)34(21)2/h9-10,15-17,19H,5-8,11-14H2,1-4H3,(H,30,35)(H,29,31,32). The first-order valence-electron chi connectivity index (χ1n) is 13.3. The number of ether oxygens (including phenoxy) is 2. The van der Waals surface area contributed by atoms with Crippen molar-refractivity contribution in [3.8, 4) is 11.5 Å². The molecule has 0 spiro atoms. The van der Waals surface area contributed by atoms with Crippen LogP contribution in [0, 0.1) is 0 Å². The number of rotatable bonds is 7. The number of aryl methyl sites for hydroxylation is 1. The fourth-order valence-corrected chi connectivity index (χ4v) is 5.63. The van der Waals surface area contributed by atoms with Crippen molar-refractivity contribution in [2.75, 3.05) is 39.7 Å². The zero-order valence-electron chi connectivity index (χ0n) is 22.5. The number of aromatic nitrogens is 3. The van der Waals surface area contributed by atoms with Crippen LogP contribution in [0.15, 0.2) is 29.2 Å². The molecule has 202 valence electrons. The lowest BCUT2D eigenvalue weighted by molar-refractivity contribution is 0.0916. The number of amides is 1. The van der Waals surface area contributed by atoms with Crippen molar-refractivity contribution in [1.29, 1.82) is 0 Å². The largest absolute Gasteiger partial charge is 0.495 e. The molecule has 5 rings (SSSR count). The monoisotopic (exact) mass is 520 g/mol. The molecule has 1 amide bonds. The van der Waals surface area contributed by atoms with Gasteiger partial charge in [0.05, 0.1) is 37.1 Å². The van der Waals surface area contributed by atoms with E-state index in [4.69, 9.17) is 14.5 Å². The number of piperidine rings is 1. The molecule has 1 aliphatic carbocycles. The van der Waals surface area contributed by atoms with Crippen LogP contribution in [0.5, 0.6) is 11.5 Å². The molecule has 1 saturated heterocycles. The quantitative estimate of drug-likeness (QED) is 0.487. The van der Waals surface area contributed by atoms with E-state index in [-0.39, 0.29) is 23.4 Å². The van der Waals surface area contributed by atoms with Crippen molar-refractivity contribution in [2.45, 2.75) is 50.5 Å². The Morgan fingerprint density at radius 3 is 2.47 bits per heavy atom. The maximum atomic E-state index is 13.0. The third kappa shape index (κ3) is 5.05. The Morgan fingerprint density at radius 2 is 1.79 bits per heavy atom. The van der Waals surface area contributed by atoms with E-state index in [1.54, 1.807) is 38.6 Å². The second kappa shape index (κ2) is 11.0. The Hall–Kier alpha value is -3.66. The minimum atomic E-state index is -0.179. The fourth-order valence-electron chi connectivity index (χ4n) is 5.63. The van der Waals surface area contributed by atoms with Crippen LogP contribution in [0.1, 0.15) is 60.4 Å². The maximum absolute atomic E-state index is 13.0. The summed E-state index contributed by atoms with van der Waals surface area (Å²) in [5.41, 5.74) is 3.23. The topological polar surface area (TPSA) is 111 Å². The van der Waals surface area contributed by atoms with Crippen LogP contribution in [-0.4, -0.2) is 65.7 Å². The first kappa shape index (κ1) is 26.0. The van der Waals surface area contributed by atoms with Gasteiger partial charge < -0.3 is 29.6 Å². The molecule has 0 unspecified atom stereocenters. The Labute approximate surface area is 222 Å². The molecular formula is C28H36N6O4. The fraction of sp³-hybridized carbons (Fsp3) is 0.500. The highest BCUT2D eigenvalue weighted by Crippen LogP contribution is 2.41. The van der Waals surface area contributed by atoms with Gasteiger partial charge in [-0.2, -0.15) is 0 Å². The molecule has 2 aliphatic rings. The first-order chi connectivity index (χ1) is 18.4. The smallest absolute Gasteiger partial charge is 0.293 e. The average molecular weight is 521 g/mol. The highest BCUT2D eigenvalue weighted by Gasteiger charge is 2.27. The summed E-state index contributed by atoms with van der Waals surface area (Å²) in [5.74, 6) is 1.36. The van der Waals surface area contributed by atoms with E-state index in [9.17, 15) is 9.59 Å². The van der Waals surface area contributed by atoms with Crippen molar-refractivity contribution >= 4 is 28.6 Å². The highest BCUT2D eigenvalue weighted by atomic mass is 16.5. The van der Waals surface area contributed by atoms with Crippen LogP contribution in [0.4, 0.5) is 11.6 Å². The van der Waals surface area contributed by atoms with Gasteiger partial charge in [-0.05, 0) is 69.9 Å². The predicted molar refractivity (Wildman–Crippen MR) is 147 cm³/mol. The van der Waals surface area contributed by atoms with Crippen molar-refractivity contribution in [2.24, 2.45) is 7.05 Å². The van der Waals surface area contributed by atoms with E-state index >= 15 is 0 Å². The summed E-state index contributed by atoms with van der Waals surface area (Å²) >= 11 is 0. The Balaban J connectivity index is 1.44. The van der Waals surface area contributed by atoms with Gasteiger partial charge >= 0.3 is 0 Å². The molecule has 0 bridgehead atoms. The number of hydrogen-bond donors (Lipinski definition) is 2. The zero-order valence-corrected chi connectivity index (χ0v) is 22.5. The molecular weight excluding hydrogens is 484 g/mol. The molecule has 1 saturated carbocycles. The third-order valence-electron chi connectivity index (χ3n) is 7.86. The summed E-state index contributed by atoms with van der Waals surface area (Å²) in [6.45, 7) is 1.96. The van der Waals surface area contributed by atoms with Gasteiger partial charge in [-0.3, -0.25) is 9.59 Å². The van der Waals surface area contributed by atoms with Crippen LogP contribution < -0.4 is 25.7 Å². The van der Waals surface area contributed by atoms with Gasteiger partial charge in [0, 0.05) is 24.2 Å². The molecule has 2 aromatic heterocycles. The molecule has 3 heterocycles. The Morgan fingerprint density at radius 1 is 1.05 bits per heavy atom. The molecule has 2 fully saturated rings. The summed E-state index contributed by atoms with van der Waals surface area (Å²) in [6, 6.07) is 5.47. The average Bonchev–Trinajstić information content (AvgIpc) is 3.46. The van der Waals surface area contributed by atoms with Crippen molar-refractivity contribution < 1.29 is 14.3 Å². The summed E-state index contributed by atoms with van der Waals surface area (Å²) in [5, 5.41) is 6.39. The normalized spacial score (nSPS) is 17.1. The second-order valence-electron chi connectivity index (χ2n) is 10.3. The van der Waals surface area contributed by atoms with E-state index in [2.05, 4.69) is 27.6 Å². The Kier molecular flexibility index (Phi) is 7.51. The number of anilines is 2. The molecule has 3 aromatic rings. The first-order valence-corrected chi connectivity index (χ1v) is 13.3. The van der Waals surface area contributed by atoms with Crippen LogP contribution >= 0.6 is 0 Å². The van der Waals surface area contributed by atoms with Crippen LogP contribution in [0.2, 0.25) is 0 Å². The number of carbonyl (C=O) groups is 1. The number of benzene rings is 1. The number of methoxy groups -OCH3 is 2. The molecule has 1 aliphatic heterocycles. The highest BCUT2D eigenvalue weighted by molar-refractivity contribution is 5.95. The van der Waals surface area contributed by atoms with E-state index in [1.807, 2.05) is 0 Å². The van der Waals surface area contributed by atoms with Crippen molar-refractivity contribution in [3.63, 3.8) is 0 Å². The second-order valence-corrected chi connectivity index (χ2v) is 10.3. The summed E-state index contributed by atoms with van der Waals surface area (Å²) < 4.78 is 12.7. The number of nitrogens with one attached hydrogen (secondary N) is 2. The van der Waals surface area contributed by atoms with E-state index < -0.39 is 0 Å². The summed E-state index contributed by atoms with van der Waals surface area (Å²) in [7, 11) is 6.91. The minimum absolute atomic E-state index is 0.111. The van der Waals surface area contributed by atoms with Gasteiger partial charge in [0.1, 0.15) is 5.75 Å². The predicted octanol–water partition coefficient (Wildman–Crippen LogP) is 3.57. The number of pyridine rings is 1. The maximum Gasteiger partial charge on any atom is 0.293 e. The number of likely N-dealkylation sites (tertiary alicyclic amines) is 1. The molecule has 10 heteroatoms. The lowest BCUT2D eigenvalue weighted by Crippen LogP contribution is -2.43. The van der Waals surface area contributed by atoms with Crippen molar-refractivity contribution in [1.82, 2.24) is 24.8 Å². The van der Waals surface area contributed by atoms with Gasteiger partial charge in [-0.25, -0.2) is 9.97 Å². The molecule has 10 nitrogen and oxygen atoms in total. The molecule has 0 radical (unpaired) electrons. The third-order valence-corrected chi connectivity index (χ3v) is 7.86.